The molecule has 0 saturated heterocycles. The Bertz CT molecular complexity index is 346. The van der Waals surface area contributed by atoms with Gasteiger partial charge in [-0.15, -0.1) is 0 Å². The van der Waals surface area contributed by atoms with Crippen molar-refractivity contribution in [2.75, 3.05) is 7.11 Å². The number of halogens is 2. The molecule has 1 aromatic rings. The fraction of sp³-hybridized carbons (Fsp3) is 0.250. The van der Waals surface area contributed by atoms with E-state index >= 15 is 0 Å². The van der Waals surface area contributed by atoms with Crippen LogP contribution in [0.5, 0.6) is 5.75 Å². The summed E-state index contributed by atoms with van der Waals surface area (Å²) in [7, 11) is 1.34. The van der Waals surface area contributed by atoms with E-state index in [1.165, 1.54) is 13.2 Å². The summed E-state index contributed by atoms with van der Waals surface area (Å²) in [5.41, 5.74) is -0.523. The summed E-state index contributed by atoms with van der Waals surface area (Å²) >= 11 is 0. The Morgan fingerprint density at radius 2 is 2.23 bits per heavy atom. The number of aromatic nitrogens is 1. The lowest BCUT2D eigenvalue weighted by Gasteiger charge is -2.03. The molecule has 0 aromatic carbocycles. The summed E-state index contributed by atoms with van der Waals surface area (Å²) < 4.78 is 29.1. The van der Waals surface area contributed by atoms with Crippen molar-refractivity contribution in [2.24, 2.45) is 0 Å². The molecule has 3 nitrogen and oxygen atoms in total. The Morgan fingerprint density at radius 1 is 1.54 bits per heavy atom. The van der Waals surface area contributed by atoms with E-state index in [1.807, 2.05) is 0 Å². The van der Waals surface area contributed by atoms with Crippen molar-refractivity contribution in [3.63, 3.8) is 0 Å². The molecule has 0 atom stereocenters. The summed E-state index contributed by atoms with van der Waals surface area (Å²) in [5, 5.41) is 8.45. The molecule has 0 unspecified atom stereocenters. The van der Waals surface area contributed by atoms with Gasteiger partial charge in [0.2, 0.25) is 0 Å². The van der Waals surface area contributed by atoms with Gasteiger partial charge in [0.15, 0.2) is 0 Å². The first-order valence-electron chi connectivity index (χ1n) is 3.41. The van der Waals surface area contributed by atoms with Crippen LogP contribution in [-0.4, -0.2) is 12.1 Å². The first-order chi connectivity index (χ1) is 6.17. The molecule has 13 heavy (non-hydrogen) atoms. The number of nitrogens with zero attached hydrogens (tertiary/aromatic N) is 2. The first kappa shape index (κ1) is 9.39. The summed E-state index contributed by atoms with van der Waals surface area (Å²) in [6.07, 6.45) is -2.69. The minimum absolute atomic E-state index is 0.0744. The maximum absolute atomic E-state index is 12.2. The van der Waals surface area contributed by atoms with E-state index in [0.29, 0.717) is 0 Å². The molecular weight excluding hydrogens is 178 g/mol. The number of methoxy groups -OCH3 is 1. The average Bonchev–Trinajstić information content (AvgIpc) is 2.16. The van der Waals surface area contributed by atoms with Crippen molar-refractivity contribution < 1.29 is 13.5 Å². The molecule has 0 aliphatic carbocycles. The quantitative estimate of drug-likeness (QED) is 0.705. The topological polar surface area (TPSA) is 45.9 Å². The molecule has 0 fully saturated rings. The molecule has 0 N–H and O–H groups in total. The number of rotatable bonds is 2. The zero-order chi connectivity index (χ0) is 9.84. The smallest absolute Gasteiger partial charge is 0.280 e. The average molecular weight is 184 g/mol. The predicted molar refractivity (Wildman–Crippen MR) is 40.5 cm³/mol. The molecule has 5 heteroatoms. The van der Waals surface area contributed by atoms with E-state index in [1.54, 1.807) is 6.07 Å². The van der Waals surface area contributed by atoms with Crippen molar-refractivity contribution in [2.45, 2.75) is 6.43 Å². The maximum atomic E-state index is 12.2. The molecule has 0 spiro atoms. The van der Waals surface area contributed by atoms with Gasteiger partial charge < -0.3 is 4.74 Å². The molecule has 1 heterocycles. The highest BCUT2D eigenvalue weighted by molar-refractivity contribution is 5.33. The minimum Gasteiger partial charge on any atom is -0.497 e. The van der Waals surface area contributed by atoms with Crippen LogP contribution in [0.2, 0.25) is 0 Å². The van der Waals surface area contributed by atoms with E-state index in [2.05, 4.69) is 4.98 Å². The van der Waals surface area contributed by atoms with E-state index in [0.717, 1.165) is 6.07 Å². The van der Waals surface area contributed by atoms with Gasteiger partial charge >= 0.3 is 0 Å². The highest BCUT2D eigenvalue weighted by atomic mass is 19.3. The molecule has 0 saturated carbocycles. The van der Waals surface area contributed by atoms with Crippen molar-refractivity contribution >= 4 is 0 Å². The second-order valence-electron chi connectivity index (χ2n) is 2.23. The Labute approximate surface area is 73.6 Å². The summed E-state index contributed by atoms with van der Waals surface area (Å²) in [4.78, 5) is 3.41. The normalized spacial score (nSPS) is 9.77. The first-order valence-corrected chi connectivity index (χ1v) is 3.41. The highest BCUT2D eigenvalue weighted by Crippen LogP contribution is 2.21. The van der Waals surface area contributed by atoms with E-state index in [4.69, 9.17) is 10.00 Å². The number of hydrogen-bond acceptors (Lipinski definition) is 3. The van der Waals surface area contributed by atoms with Gasteiger partial charge in [0.05, 0.1) is 7.11 Å². The van der Waals surface area contributed by atoms with Crippen molar-refractivity contribution in [3.05, 3.63) is 23.5 Å². The Balaban J connectivity index is 3.17. The van der Waals surface area contributed by atoms with Crippen LogP contribution < -0.4 is 4.74 Å². The Morgan fingerprint density at radius 3 is 2.69 bits per heavy atom. The SMILES string of the molecule is COc1cc(C#N)nc(C(F)F)c1. The summed E-state index contributed by atoms with van der Waals surface area (Å²) in [6.45, 7) is 0. The monoisotopic (exact) mass is 184 g/mol. The van der Waals surface area contributed by atoms with Crippen molar-refractivity contribution in [1.82, 2.24) is 4.98 Å². The van der Waals surface area contributed by atoms with Gasteiger partial charge in [-0.05, 0) is 0 Å². The van der Waals surface area contributed by atoms with Crippen molar-refractivity contribution in [1.29, 1.82) is 5.26 Å². The van der Waals surface area contributed by atoms with Crippen LogP contribution in [0.25, 0.3) is 0 Å². The van der Waals surface area contributed by atoms with Crippen LogP contribution in [0, 0.1) is 11.3 Å². The third kappa shape index (κ3) is 2.12. The van der Waals surface area contributed by atoms with Crippen LogP contribution in [0.4, 0.5) is 8.78 Å². The molecule has 1 rings (SSSR count). The lowest BCUT2D eigenvalue weighted by atomic mass is 10.3. The lowest BCUT2D eigenvalue weighted by Crippen LogP contribution is -1.95. The van der Waals surface area contributed by atoms with Gasteiger partial charge in [-0.2, -0.15) is 5.26 Å². The van der Waals surface area contributed by atoms with Crippen LogP contribution in [0.1, 0.15) is 17.8 Å². The molecule has 1 aromatic heterocycles. The Hall–Kier alpha value is -1.70. The maximum Gasteiger partial charge on any atom is 0.280 e. The van der Waals surface area contributed by atoms with Gasteiger partial charge in [-0.1, -0.05) is 0 Å². The number of alkyl halides is 2. The van der Waals surface area contributed by atoms with Crippen molar-refractivity contribution in [3.8, 4) is 11.8 Å². The third-order valence-corrected chi connectivity index (χ3v) is 1.39. The molecule has 0 radical (unpaired) electrons. The zero-order valence-electron chi connectivity index (χ0n) is 6.79. The molecule has 0 amide bonds. The van der Waals surface area contributed by atoms with Crippen LogP contribution in [0.15, 0.2) is 12.1 Å². The van der Waals surface area contributed by atoms with Crippen LogP contribution in [-0.2, 0) is 0 Å². The second kappa shape index (κ2) is 3.81. The predicted octanol–water partition coefficient (Wildman–Crippen LogP) is 1.90. The van der Waals surface area contributed by atoms with Crippen LogP contribution >= 0.6 is 0 Å². The van der Waals surface area contributed by atoms with Gasteiger partial charge in [0.25, 0.3) is 6.43 Å². The zero-order valence-corrected chi connectivity index (χ0v) is 6.79. The minimum atomic E-state index is -2.69. The fourth-order valence-electron chi connectivity index (χ4n) is 0.813. The van der Waals surface area contributed by atoms with E-state index in [-0.39, 0.29) is 11.4 Å². The summed E-state index contributed by atoms with van der Waals surface area (Å²) in [6, 6.07) is 4.07. The Kier molecular flexibility index (Phi) is 2.75. The molecule has 68 valence electrons. The van der Waals surface area contributed by atoms with Gasteiger partial charge in [0, 0.05) is 12.1 Å². The second-order valence-corrected chi connectivity index (χ2v) is 2.23. The summed E-state index contributed by atoms with van der Waals surface area (Å²) in [5.74, 6) is 0.210. The molecular formula is C8H6F2N2O. The van der Waals surface area contributed by atoms with Gasteiger partial charge in [0.1, 0.15) is 23.2 Å². The molecule has 0 aliphatic rings. The number of pyridine rings is 1. The van der Waals surface area contributed by atoms with Gasteiger partial charge in [-0.25, -0.2) is 13.8 Å². The highest BCUT2D eigenvalue weighted by Gasteiger charge is 2.11. The fourth-order valence-corrected chi connectivity index (χ4v) is 0.813. The van der Waals surface area contributed by atoms with Crippen LogP contribution in [0.3, 0.4) is 0 Å². The lowest BCUT2D eigenvalue weighted by molar-refractivity contribution is 0.145. The molecule has 0 aliphatic heterocycles. The van der Waals surface area contributed by atoms with Gasteiger partial charge in [-0.3, -0.25) is 0 Å². The van der Waals surface area contributed by atoms with E-state index < -0.39 is 12.1 Å². The standard InChI is InChI=1S/C8H6F2N2O/c1-13-6-2-5(4-11)12-7(3-6)8(9)10/h2-3,8H,1H3. The number of hydrogen-bond donors (Lipinski definition) is 0. The number of nitriles is 1. The number of ether oxygens (including phenoxy) is 1. The molecule has 0 bridgehead atoms. The third-order valence-electron chi connectivity index (χ3n) is 1.39. The van der Waals surface area contributed by atoms with E-state index in [9.17, 15) is 8.78 Å². The largest absolute Gasteiger partial charge is 0.497 e.